The molecule has 0 radical (unpaired) electrons. The molecule has 0 fully saturated rings. The molecule has 0 saturated heterocycles. The molecule has 0 amide bonds. The Hall–Kier alpha value is -4.08. The van der Waals surface area contributed by atoms with Crippen molar-refractivity contribution < 1.29 is 47.9 Å². The molecule has 1 heterocycles. The molecular weight excluding hydrogens is 448 g/mol. The van der Waals surface area contributed by atoms with Crippen molar-refractivity contribution in [3.63, 3.8) is 0 Å². The Labute approximate surface area is 194 Å². The van der Waals surface area contributed by atoms with Crippen LogP contribution in [-0.4, -0.2) is 35.1 Å². The molecule has 0 aliphatic carbocycles. The molecule has 1 atom stereocenters. The first-order valence-corrected chi connectivity index (χ1v) is 10.4. The molecule has 180 valence electrons. The van der Waals surface area contributed by atoms with E-state index in [0.29, 0.717) is 28.7 Å². The largest absolute Gasteiger partial charge is 0.473 e. The molecule has 34 heavy (non-hydrogen) atoms. The summed E-state index contributed by atoms with van der Waals surface area (Å²) < 4.78 is 14.5. The third kappa shape index (κ3) is 4.95. The molecule has 3 rings (SSSR count). The second-order valence-electron chi connectivity index (χ2n) is 8.56. The number of carboxylic acids is 1. The monoisotopic (exact) mass is 472 g/mol. The van der Waals surface area contributed by atoms with E-state index in [-0.39, 0.29) is 11.1 Å². The highest BCUT2D eigenvalue weighted by Gasteiger charge is 2.30. The fourth-order valence-corrected chi connectivity index (χ4v) is 3.97. The van der Waals surface area contributed by atoms with Crippen LogP contribution in [-0.2, 0) is 29.5 Å². The van der Waals surface area contributed by atoms with Gasteiger partial charge in [0.15, 0.2) is 0 Å². The summed E-state index contributed by atoms with van der Waals surface area (Å²) >= 11 is 0. The van der Waals surface area contributed by atoms with Crippen molar-refractivity contribution in [1.29, 1.82) is 0 Å². The highest BCUT2D eigenvalue weighted by Crippen LogP contribution is 2.33. The number of hydrogen-bond acceptors (Lipinski definition) is 9. The Morgan fingerprint density at radius 1 is 0.941 bits per heavy atom. The Morgan fingerprint density at radius 3 is 2.12 bits per heavy atom. The van der Waals surface area contributed by atoms with E-state index >= 15 is 0 Å². The van der Waals surface area contributed by atoms with Gasteiger partial charge >= 0.3 is 23.9 Å². The Kier molecular flexibility index (Phi) is 6.80. The summed E-state index contributed by atoms with van der Waals surface area (Å²) in [5, 5.41) is 8.72. The quantitative estimate of drug-likeness (QED) is 0.239. The molecule has 1 unspecified atom stereocenters. The van der Waals surface area contributed by atoms with Crippen molar-refractivity contribution in [2.75, 3.05) is 0 Å². The summed E-state index contributed by atoms with van der Waals surface area (Å²) in [4.78, 5) is 56.7. The van der Waals surface area contributed by atoms with Gasteiger partial charge in [0.2, 0.25) is 11.2 Å². The molecule has 10 nitrogen and oxygen atoms in total. The smallest absolute Gasteiger partial charge is 0.417 e. The lowest BCUT2D eigenvalue weighted by Gasteiger charge is -2.30. The molecule has 1 N–H and O–H groups in total. The van der Waals surface area contributed by atoms with Crippen molar-refractivity contribution in [3.8, 4) is 0 Å². The van der Waals surface area contributed by atoms with E-state index in [0.717, 1.165) is 5.56 Å². The number of benzene rings is 2. The normalized spacial score (nSPS) is 12.3. The number of fused-ring (bicyclic) bond motifs is 1. The maximum atomic E-state index is 12.7. The number of carbonyl (C=O) groups excluding carboxylic acids is 3. The number of rotatable bonds is 6. The summed E-state index contributed by atoms with van der Waals surface area (Å²) in [6, 6.07) is 7.99. The SMILES string of the molecule is Cc1c(C(=O)OOC(=O)c2ccc3ooc3c2C)cccc1C(C)(C)CC(C)OC(=O)C(=O)O. The Bertz CT molecular complexity index is 1260. The van der Waals surface area contributed by atoms with Crippen LogP contribution in [0.15, 0.2) is 39.5 Å². The predicted octanol–water partition coefficient (Wildman–Crippen LogP) is 4.26. The Morgan fingerprint density at radius 2 is 1.56 bits per heavy atom. The molecule has 3 aromatic rings. The number of esters is 1. The number of aliphatic carboxylic acids is 1. The number of aryl methyl sites for hydroxylation is 1. The van der Waals surface area contributed by atoms with Gasteiger partial charge in [-0.05, 0) is 61.9 Å². The maximum absolute atomic E-state index is 12.7. The first kappa shape index (κ1) is 24.6. The van der Waals surface area contributed by atoms with E-state index in [1.807, 2.05) is 13.8 Å². The lowest BCUT2D eigenvalue weighted by Crippen LogP contribution is -2.30. The van der Waals surface area contributed by atoms with Gasteiger partial charge in [0.1, 0.15) is 6.10 Å². The van der Waals surface area contributed by atoms with E-state index in [1.54, 1.807) is 32.9 Å². The second-order valence-corrected chi connectivity index (χ2v) is 8.56. The minimum absolute atomic E-state index is 0.159. The van der Waals surface area contributed by atoms with Gasteiger partial charge in [-0.3, -0.25) is 9.15 Å². The van der Waals surface area contributed by atoms with E-state index in [4.69, 9.17) is 28.8 Å². The summed E-state index contributed by atoms with van der Waals surface area (Å²) in [5.74, 6) is -4.73. The molecule has 0 saturated carbocycles. The second kappa shape index (κ2) is 9.42. The topological polar surface area (TPSA) is 142 Å². The highest BCUT2D eigenvalue weighted by molar-refractivity contribution is 6.28. The predicted molar refractivity (Wildman–Crippen MR) is 116 cm³/mol. The van der Waals surface area contributed by atoms with E-state index in [9.17, 15) is 19.2 Å². The fraction of sp³-hybridized carbons (Fsp3) is 0.333. The van der Waals surface area contributed by atoms with Gasteiger partial charge in [0, 0.05) is 5.56 Å². The van der Waals surface area contributed by atoms with Crippen LogP contribution >= 0.6 is 0 Å². The van der Waals surface area contributed by atoms with Gasteiger partial charge in [-0.1, -0.05) is 26.0 Å². The van der Waals surface area contributed by atoms with Crippen LogP contribution < -0.4 is 0 Å². The van der Waals surface area contributed by atoms with Crippen molar-refractivity contribution in [1.82, 2.24) is 0 Å². The summed E-state index contributed by atoms with van der Waals surface area (Å²) in [6.07, 6.45) is -0.390. The third-order valence-corrected chi connectivity index (χ3v) is 5.56. The van der Waals surface area contributed by atoms with Gasteiger partial charge in [-0.25, -0.2) is 29.0 Å². The first-order chi connectivity index (χ1) is 15.9. The molecule has 1 aromatic heterocycles. The van der Waals surface area contributed by atoms with Crippen molar-refractivity contribution in [2.45, 2.75) is 52.6 Å². The molecule has 0 bridgehead atoms. The minimum Gasteiger partial charge on any atom is -0.473 e. The highest BCUT2D eigenvalue weighted by atomic mass is 17.2. The van der Waals surface area contributed by atoms with Gasteiger partial charge < -0.3 is 9.84 Å². The van der Waals surface area contributed by atoms with Crippen LogP contribution in [0.5, 0.6) is 0 Å². The zero-order valence-corrected chi connectivity index (χ0v) is 19.3. The van der Waals surface area contributed by atoms with Gasteiger partial charge in [-0.2, -0.15) is 0 Å². The summed E-state index contributed by atoms with van der Waals surface area (Å²) in [6.45, 7) is 8.68. The molecule has 0 aliphatic heterocycles. The summed E-state index contributed by atoms with van der Waals surface area (Å²) in [7, 11) is 0. The standard InChI is InChI=1S/C24H24O10/c1-12(30-23(29)20(25)26)11-24(4,5)17-8-6-7-15(13(17)2)21(27)33-34-22(28)16-9-10-18-19(14(16)3)32-31-18/h6-10,12H,11H2,1-5H3,(H,25,26). The number of carboxylic acid groups (broad SMARTS) is 1. The van der Waals surface area contributed by atoms with E-state index < -0.39 is 35.4 Å². The van der Waals surface area contributed by atoms with Gasteiger partial charge in [0.25, 0.3) is 0 Å². The van der Waals surface area contributed by atoms with Crippen molar-refractivity contribution in [3.05, 3.63) is 58.1 Å². The van der Waals surface area contributed by atoms with Crippen molar-refractivity contribution in [2.24, 2.45) is 0 Å². The first-order valence-electron chi connectivity index (χ1n) is 10.4. The van der Waals surface area contributed by atoms with E-state index in [1.165, 1.54) is 18.2 Å². The average Bonchev–Trinajstić information content (AvgIpc) is 2.72. The average molecular weight is 472 g/mol. The van der Waals surface area contributed by atoms with Crippen LogP contribution in [0.4, 0.5) is 0 Å². The van der Waals surface area contributed by atoms with E-state index in [2.05, 4.69) is 0 Å². The summed E-state index contributed by atoms with van der Waals surface area (Å²) in [5.41, 5.74) is 2.46. The van der Waals surface area contributed by atoms with Crippen molar-refractivity contribution >= 4 is 35.0 Å². The molecule has 0 aliphatic rings. The number of carbonyl (C=O) groups is 4. The van der Waals surface area contributed by atoms with Gasteiger partial charge in [-0.15, -0.1) is 0 Å². The molecule has 0 spiro atoms. The van der Waals surface area contributed by atoms with Crippen LogP contribution in [0.1, 0.15) is 64.6 Å². The zero-order valence-electron chi connectivity index (χ0n) is 19.3. The van der Waals surface area contributed by atoms with Gasteiger partial charge in [0.05, 0.1) is 11.1 Å². The lowest BCUT2D eigenvalue weighted by atomic mass is 9.77. The van der Waals surface area contributed by atoms with Crippen LogP contribution in [0.25, 0.3) is 11.2 Å². The van der Waals surface area contributed by atoms with Crippen LogP contribution in [0, 0.1) is 13.8 Å². The molecule has 2 aromatic carbocycles. The number of ether oxygens (including phenoxy) is 1. The minimum atomic E-state index is -1.67. The zero-order chi connectivity index (χ0) is 25.2. The number of hydrogen-bond donors (Lipinski definition) is 1. The Balaban J connectivity index is 1.71. The molecule has 10 heteroatoms. The third-order valence-electron chi connectivity index (χ3n) is 5.56. The lowest BCUT2D eigenvalue weighted by molar-refractivity contribution is -0.187. The fourth-order valence-electron chi connectivity index (χ4n) is 3.97. The van der Waals surface area contributed by atoms with Crippen LogP contribution in [0.2, 0.25) is 0 Å². The molecular formula is C24H24O10. The maximum Gasteiger partial charge on any atom is 0.417 e. The van der Waals surface area contributed by atoms with Crippen LogP contribution in [0.3, 0.4) is 0 Å².